The molecule has 0 saturated carbocycles. The van der Waals surface area contributed by atoms with Gasteiger partial charge in [0.05, 0.1) is 12.5 Å². The monoisotopic (exact) mass is 367 g/mol. The van der Waals surface area contributed by atoms with Crippen molar-refractivity contribution < 1.29 is 19.1 Å². The second-order valence-electron chi connectivity index (χ2n) is 5.98. The van der Waals surface area contributed by atoms with Crippen molar-refractivity contribution >= 4 is 29.5 Å². The van der Waals surface area contributed by atoms with Gasteiger partial charge in [-0.15, -0.1) is 0 Å². The van der Waals surface area contributed by atoms with Crippen LogP contribution in [0.25, 0.3) is 0 Å². The van der Waals surface area contributed by atoms with Crippen LogP contribution in [0.3, 0.4) is 0 Å². The predicted molar refractivity (Wildman–Crippen MR) is 92.9 cm³/mol. The van der Waals surface area contributed by atoms with E-state index in [0.29, 0.717) is 23.7 Å². The van der Waals surface area contributed by atoms with Crippen LogP contribution in [0, 0.1) is 0 Å². The molecule has 8 heteroatoms. The molecule has 0 unspecified atom stereocenters. The zero-order chi connectivity index (χ0) is 18.4. The van der Waals surface area contributed by atoms with Gasteiger partial charge in [-0.1, -0.05) is 23.7 Å². The molecule has 0 spiro atoms. The van der Waals surface area contributed by atoms with E-state index in [2.05, 4.69) is 5.32 Å². The number of nitrogens with two attached hydrogens (primary N) is 1. The Kier molecular flexibility index (Phi) is 6.64. The van der Waals surface area contributed by atoms with Gasteiger partial charge in [0.25, 0.3) is 5.91 Å². The number of likely N-dealkylation sites (tertiary alicyclic amines) is 1. The third kappa shape index (κ3) is 5.63. The number of nitrogens with one attached hydrogen (secondary N) is 1. The van der Waals surface area contributed by atoms with Crippen molar-refractivity contribution in [1.82, 2.24) is 10.2 Å². The zero-order valence-corrected chi connectivity index (χ0v) is 14.8. The molecule has 136 valence electrons. The largest absolute Gasteiger partial charge is 0.452 e. The van der Waals surface area contributed by atoms with Crippen LogP contribution in [0.2, 0.25) is 5.02 Å². The number of rotatable bonds is 6. The van der Waals surface area contributed by atoms with Crippen LogP contribution < -0.4 is 11.1 Å². The first kappa shape index (κ1) is 19.1. The standard InChI is InChI=1S/C17H22ClN3O4/c1-11(16(23)21-8-2-3-9-21)25-15(22)10-14(20-17(19)24)12-4-6-13(18)7-5-12/h4-7,11,14H,2-3,8-10H2,1H3,(H3,19,20,24)/t11-,14+/m1/s1. The minimum atomic E-state index is -0.856. The van der Waals surface area contributed by atoms with Crippen LogP contribution in [-0.4, -0.2) is 42.0 Å². The molecule has 25 heavy (non-hydrogen) atoms. The van der Waals surface area contributed by atoms with Crippen molar-refractivity contribution in [2.75, 3.05) is 13.1 Å². The van der Waals surface area contributed by atoms with Gasteiger partial charge in [0.15, 0.2) is 6.10 Å². The van der Waals surface area contributed by atoms with Crippen molar-refractivity contribution in [1.29, 1.82) is 0 Å². The first-order valence-electron chi connectivity index (χ1n) is 8.16. The molecular weight excluding hydrogens is 346 g/mol. The number of amides is 3. The normalized spacial score (nSPS) is 16.2. The summed E-state index contributed by atoms with van der Waals surface area (Å²) in [6.45, 7) is 2.94. The molecule has 2 rings (SSSR count). The minimum Gasteiger partial charge on any atom is -0.452 e. The highest BCUT2D eigenvalue weighted by molar-refractivity contribution is 6.30. The van der Waals surface area contributed by atoms with Gasteiger partial charge in [0.2, 0.25) is 0 Å². The van der Waals surface area contributed by atoms with Crippen molar-refractivity contribution in [2.24, 2.45) is 5.73 Å². The summed E-state index contributed by atoms with van der Waals surface area (Å²) in [6.07, 6.45) is 0.939. The highest BCUT2D eigenvalue weighted by atomic mass is 35.5. The van der Waals surface area contributed by atoms with Gasteiger partial charge < -0.3 is 20.7 Å². The fourth-order valence-corrected chi connectivity index (χ4v) is 2.90. The van der Waals surface area contributed by atoms with E-state index < -0.39 is 24.1 Å². The molecule has 1 fully saturated rings. The number of esters is 1. The van der Waals surface area contributed by atoms with E-state index in [4.69, 9.17) is 22.1 Å². The molecule has 1 heterocycles. The second-order valence-corrected chi connectivity index (χ2v) is 6.42. The van der Waals surface area contributed by atoms with E-state index in [1.54, 1.807) is 36.1 Å². The molecule has 0 aromatic heterocycles. The fraction of sp³-hybridized carbons (Fsp3) is 0.471. The quantitative estimate of drug-likeness (QED) is 0.750. The number of benzene rings is 1. The Morgan fingerprint density at radius 3 is 2.40 bits per heavy atom. The van der Waals surface area contributed by atoms with E-state index in [9.17, 15) is 14.4 Å². The summed E-state index contributed by atoms with van der Waals surface area (Å²) in [5.74, 6) is -0.787. The van der Waals surface area contributed by atoms with Gasteiger partial charge in [-0.05, 0) is 37.5 Å². The summed E-state index contributed by atoms with van der Waals surface area (Å²) < 4.78 is 5.23. The first-order valence-corrected chi connectivity index (χ1v) is 8.54. The molecule has 1 saturated heterocycles. The fourth-order valence-electron chi connectivity index (χ4n) is 2.78. The van der Waals surface area contributed by atoms with Crippen LogP contribution in [-0.2, 0) is 14.3 Å². The Hall–Kier alpha value is -2.28. The third-order valence-electron chi connectivity index (χ3n) is 4.03. The molecule has 3 amide bonds. The van der Waals surface area contributed by atoms with Crippen molar-refractivity contribution in [3.8, 4) is 0 Å². The summed E-state index contributed by atoms with van der Waals surface area (Å²) in [7, 11) is 0. The Morgan fingerprint density at radius 2 is 1.84 bits per heavy atom. The number of nitrogens with zero attached hydrogens (tertiary/aromatic N) is 1. The average molecular weight is 368 g/mol. The van der Waals surface area contributed by atoms with Crippen molar-refractivity contribution in [2.45, 2.75) is 38.3 Å². The van der Waals surface area contributed by atoms with Gasteiger partial charge in [-0.25, -0.2) is 4.79 Å². The number of ether oxygens (including phenoxy) is 1. The summed E-state index contributed by atoms with van der Waals surface area (Å²) >= 11 is 5.85. The second kappa shape index (κ2) is 8.71. The van der Waals surface area contributed by atoms with Crippen LogP contribution in [0.4, 0.5) is 4.79 Å². The molecule has 0 aliphatic carbocycles. The molecular formula is C17H22ClN3O4. The van der Waals surface area contributed by atoms with Crippen molar-refractivity contribution in [3.05, 3.63) is 34.9 Å². The summed E-state index contributed by atoms with van der Waals surface area (Å²) in [6, 6.07) is 5.27. The Bertz CT molecular complexity index is 629. The van der Waals surface area contributed by atoms with Crippen molar-refractivity contribution in [3.63, 3.8) is 0 Å². The number of carbonyl (C=O) groups excluding carboxylic acids is 3. The molecule has 1 aliphatic rings. The van der Waals surface area contributed by atoms with Crippen LogP contribution >= 0.6 is 11.6 Å². The minimum absolute atomic E-state index is 0.137. The lowest BCUT2D eigenvalue weighted by molar-refractivity contribution is -0.159. The third-order valence-corrected chi connectivity index (χ3v) is 4.29. The highest BCUT2D eigenvalue weighted by Crippen LogP contribution is 2.20. The number of urea groups is 1. The van der Waals surface area contributed by atoms with Gasteiger partial charge in [-0.3, -0.25) is 9.59 Å². The molecule has 2 atom stereocenters. The van der Waals surface area contributed by atoms with Gasteiger partial charge in [0, 0.05) is 18.1 Å². The molecule has 3 N–H and O–H groups in total. The topological polar surface area (TPSA) is 102 Å². The summed E-state index contributed by atoms with van der Waals surface area (Å²) in [5, 5.41) is 3.04. The van der Waals surface area contributed by atoms with Gasteiger partial charge in [-0.2, -0.15) is 0 Å². The molecule has 0 radical (unpaired) electrons. The molecule has 1 aliphatic heterocycles. The summed E-state index contributed by atoms with van der Waals surface area (Å²) in [5.41, 5.74) is 5.84. The Morgan fingerprint density at radius 1 is 1.24 bits per heavy atom. The number of hydrogen-bond acceptors (Lipinski definition) is 4. The maximum atomic E-state index is 12.2. The number of halogens is 1. The lowest BCUT2D eigenvalue weighted by Gasteiger charge is -2.22. The maximum absolute atomic E-state index is 12.2. The molecule has 7 nitrogen and oxygen atoms in total. The van der Waals surface area contributed by atoms with Crippen LogP contribution in [0.5, 0.6) is 0 Å². The summed E-state index contributed by atoms with van der Waals surface area (Å²) in [4.78, 5) is 37.3. The van der Waals surface area contributed by atoms with Crippen LogP contribution in [0.15, 0.2) is 24.3 Å². The molecule has 0 bridgehead atoms. The Labute approximate surface area is 151 Å². The lowest BCUT2D eigenvalue weighted by atomic mass is 10.0. The maximum Gasteiger partial charge on any atom is 0.312 e. The van der Waals surface area contributed by atoms with E-state index in [1.807, 2.05) is 0 Å². The SMILES string of the molecule is C[C@@H](OC(=O)C[C@H](NC(N)=O)c1ccc(Cl)cc1)C(=O)N1CCCC1. The van der Waals surface area contributed by atoms with Gasteiger partial charge in [0.1, 0.15) is 0 Å². The predicted octanol–water partition coefficient (Wildman–Crippen LogP) is 1.99. The van der Waals surface area contributed by atoms with E-state index in [0.717, 1.165) is 12.8 Å². The number of hydrogen-bond donors (Lipinski definition) is 2. The smallest absolute Gasteiger partial charge is 0.312 e. The van der Waals surface area contributed by atoms with Gasteiger partial charge >= 0.3 is 12.0 Å². The zero-order valence-electron chi connectivity index (χ0n) is 14.0. The number of primary amides is 1. The first-order chi connectivity index (χ1) is 11.9. The number of carbonyl (C=O) groups is 3. The van der Waals surface area contributed by atoms with E-state index in [1.165, 1.54) is 0 Å². The van der Waals surface area contributed by atoms with E-state index in [-0.39, 0.29) is 12.3 Å². The van der Waals surface area contributed by atoms with E-state index >= 15 is 0 Å². The Balaban J connectivity index is 1.97. The molecule has 1 aromatic carbocycles. The average Bonchev–Trinajstić information content (AvgIpc) is 3.08. The highest BCUT2D eigenvalue weighted by Gasteiger charge is 2.27. The molecule has 1 aromatic rings. The lowest BCUT2D eigenvalue weighted by Crippen LogP contribution is -2.39. The van der Waals surface area contributed by atoms with Crippen LogP contribution in [0.1, 0.15) is 37.8 Å².